The lowest BCUT2D eigenvalue weighted by Crippen LogP contribution is -2.39. The second-order valence-electron chi connectivity index (χ2n) is 8.11. The fraction of sp³-hybridized carbons (Fsp3) is 0.619. The number of nitrogens with zero attached hydrogens (tertiary/aromatic N) is 2. The molecule has 1 amide bonds. The summed E-state index contributed by atoms with van der Waals surface area (Å²) in [6.45, 7) is 3.41. The molecule has 2 aliphatic rings. The zero-order chi connectivity index (χ0) is 20.8. The van der Waals surface area contributed by atoms with E-state index < -0.39 is 10.9 Å². The minimum Gasteiger partial charge on any atom is -0.452 e. The maximum Gasteiger partial charge on any atom is 0.341 e. The summed E-state index contributed by atoms with van der Waals surface area (Å²) < 4.78 is 5.22. The molecule has 1 aliphatic carbocycles. The summed E-state index contributed by atoms with van der Waals surface area (Å²) in [5.74, 6) is -0.354. The number of nitrogens with one attached hydrogen (secondary N) is 1. The quantitative estimate of drug-likeness (QED) is 0.443. The fourth-order valence-corrected chi connectivity index (χ4v) is 4.09. The highest BCUT2D eigenvalue weighted by molar-refractivity contribution is 5.97. The highest BCUT2D eigenvalue weighted by Crippen LogP contribution is 2.29. The molecule has 0 spiro atoms. The van der Waals surface area contributed by atoms with Gasteiger partial charge in [-0.25, -0.2) is 4.79 Å². The Balaban J connectivity index is 1.64. The van der Waals surface area contributed by atoms with E-state index >= 15 is 0 Å². The molecular weight excluding hydrogens is 374 g/mol. The molecule has 0 atom stereocenters. The van der Waals surface area contributed by atoms with Crippen LogP contribution < -0.4 is 10.2 Å². The molecular formula is C21H29N3O5. The number of rotatable bonds is 6. The predicted molar refractivity (Wildman–Crippen MR) is 109 cm³/mol. The van der Waals surface area contributed by atoms with Crippen LogP contribution in [0.15, 0.2) is 18.2 Å². The van der Waals surface area contributed by atoms with Crippen molar-refractivity contribution in [1.29, 1.82) is 0 Å². The summed E-state index contributed by atoms with van der Waals surface area (Å²) in [5, 5.41) is 14.1. The van der Waals surface area contributed by atoms with E-state index in [0.29, 0.717) is 11.6 Å². The Bertz CT molecular complexity index is 753. The van der Waals surface area contributed by atoms with E-state index in [1.807, 2.05) is 4.90 Å². The first-order valence-electron chi connectivity index (χ1n) is 10.4. The average Bonchev–Trinajstić information content (AvgIpc) is 2.74. The van der Waals surface area contributed by atoms with Crippen molar-refractivity contribution in [3.8, 4) is 0 Å². The van der Waals surface area contributed by atoms with Crippen LogP contribution >= 0.6 is 0 Å². The predicted octanol–water partition coefficient (Wildman–Crippen LogP) is 3.44. The van der Waals surface area contributed by atoms with Gasteiger partial charge in [0.1, 0.15) is 0 Å². The minimum absolute atomic E-state index is 0.124. The number of hydrogen-bond donors (Lipinski definition) is 1. The molecule has 1 aliphatic heterocycles. The zero-order valence-corrected chi connectivity index (χ0v) is 16.9. The van der Waals surface area contributed by atoms with Crippen molar-refractivity contribution in [2.24, 2.45) is 5.92 Å². The molecule has 0 aromatic heterocycles. The van der Waals surface area contributed by atoms with Crippen molar-refractivity contribution in [2.75, 3.05) is 24.6 Å². The monoisotopic (exact) mass is 403 g/mol. The van der Waals surface area contributed by atoms with Gasteiger partial charge in [0.2, 0.25) is 0 Å². The second-order valence-corrected chi connectivity index (χ2v) is 8.11. The molecule has 2 fully saturated rings. The summed E-state index contributed by atoms with van der Waals surface area (Å²) in [7, 11) is 0. The van der Waals surface area contributed by atoms with Crippen molar-refractivity contribution in [3.05, 3.63) is 33.9 Å². The van der Waals surface area contributed by atoms with Crippen molar-refractivity contribution < 1.29 is 19.2 Å². The van der Waals surface area contributed by atoms with Gasteiger partial charge >= 0.3 is 5.97 Å². The van der Waals surface area contributed by atoms with Gasteiger partial charge in [-0.05, 0) is 56.9 Å². The van der Waals surface area contributed by atoms with Gasteiger partial charge in [-0.15, -0.1) is 0 Å². The maximum absolute atomic E-state index is 12.7. The van der Waals surface area contributed by atoms with Gasteiger partial charge in [-0.3, -0.25) is 14.9 Å². The molecule has 8 heteroatoms. The van der Waals surface area contributed by atoms with E-state index in [4.69, 9.17) is 4.74 Å². The van der Waals surface area contributed by atoms with Gasteiger partial charge in [-0.1, -0.05) is 6.92 Å². The topological polar surface area (TPSA) is 102 Å². The number of anilines is 1. The van der Waals surface area contributed by atoms with Gasteiger partial charge in [0.05, 0.1) is 16.2 Å². The van der Waals surface area contributed by atoms with Crippen LogP contribution in [0.2, 0.25) is 0 Å². The number of benzene rings is 1. The van der Waals surface area contributed by atoms with Crippen LogP contribution in [0.4, 0.5) is 11.4 Å². The molecule has 1 N–H and O–H groups in total. The third-order valence-electron chi connectivity index (χ3n) is 5.82. The second kappa shape index (κ2) is 9.71. The molecule has 1 aromatic carbocycles. The number of non-ortho nitro benzene ring substituents is 1. The zero-order valence-electron chi connectivity index (χ0n) is 16.9. The van der Waals surface area contributed by atoms with Crippen LogP contribution in [0.5, 0.6) is 0 Å². The van der Waals surface area contributed by atoms with Gasteiger partial charge in [-0.2, -0.15) is 0 Å². The molecule has 3 rings (SSSR count). The summed E-state index contributed by atoms with van der Waals surface area (Å²) in [6.07, 6.45) is 7.18. The van der Waals surface area contributed by atoms with Gasteiger partial charge in [0.25, 0.3) is 11.6 Å². The summed E-state index contributed by atoms with van der Waals surface area (Å²) in [6, 6.07) is 4.37. The van der Waals surface area contributed by atoms with Crippen LogP contribution in [0.3, 0.4) is 0 Å². The average molecular weight is 403 g/mol. The van der Waals surface area contributed by atoms with E-state index in [-0.39, 0.29) is 29.8 Å². The third-order valence-corrected chi connectivity index (χ3v) is 5.82. The molecule has 8 nitrogen and oxygen atoms in total. The Morgan fingerprint density at radius 1 is 1.17 bits per heavy atom. The number of esters is 1. The first-order valence-corrected chi connectivity index (χ1v) is 10.4. The number of nitro benzene ring substituents is 1. The number of piperidine rings is 1. The third kappa shape index (κ3) is 5.68. The number of hydrogen-bond acceptors (Lipinski definition) is 6. The Morgan fingerprint density at radius 2 is 1.86 bits per heavy atom. The lowest BCUT2D eigenvalue weighted by atomic mass is 9.87. The van der Waals surface area contributed by atoms with E-state index in [9.17, 15) is 19.7 Å². The fourth-order valence-electron chi connectivity index (χ4n) is 4.09. The van der Waals surface area contributed by atoms with Crippen molar-refractivity contribution >= 4 is 23.3 Å². The molecule has 1 saturated heterocycles. The van der Waals surface area contributed by atoms with Crippen molar-refractivity contribution in [2.45, 2.75) is 57.9 Å². The molecule has 29 heavy (non-hydrogen) atoms. The van der Waals surface area contributed by atoms with Gasteiger partial charge < -0.3 is 15.0 Å². The van der Waals surface area contributed by atoms with Crippen molar-refractivity contribution in [3.63, 3.8) is 0 Å². The van der Waals surface area contributed by atoms with Crippen LogP contribution in [-0.4, -0.2) is 42.5 Å². The highest BCUT2D eigenvalue weighted by atomic mass is 16.6. The van der Waals surface area contributed by atoms with E-state index in [1.54, 1.807) is 6.07 Å². The Hall–Kier alpha value is -2.64. The summed E-state index contributed by atoms with van der Waals surface area (Å²) in [5.41, 5.74) is 0.598. The first kappa shape index (κ1) is 21.1. The normalized spacial score (nSPS) is 22.0. The summed E-state index contributed by atoms with van der Waals surface area (Å²) >= 11 is 0. The van der Waals surface area contributed by atoms with E-state index in [0.717, 1.165) is 58.0 Å². The van der Waals surface area contributed by atoms with Crippen LogP contribution in [0, 0.1) is 16.0 Å². The largest absolute Gasteiger partial charge is 0.452 e. The van der Waals surface area contributed by atoms with E-state index in [2.05, 4.69) is 12.2 Å². The molecule has 1 aromatic rings. The van der Waals surface area contributed by atoms with Crippen LogP contribution in [-0.2, 0) is 9.53 Å². The van der Waals surface area contributed by atoms with Crippen LogP contribution in [0.25, 0.3) is 0 Å². The number of nitro groups is 1. The lowest BCUT2D eigenvalue weighted by molar-refractivity contribution is -0.384. The van der Waals surface area contributed by atoms with Gasteiger partial charge in [0.15, 0.2) is 6.61 Å². The lowest BCUT2D eigenvalue weighted by Gasteiger charge is -2.30. The number of carbonyl (C=O) groups excluding carboxylic acids is 2. The SMILES string of the molecule is CC1CCC(NC(=O)COC(=O)c2cc([N+](=O)[O-])ccc2N2CCCCC2)CC1. The maximum atomic E-state index is 12.7. The highest BCUT2D eigenvalue weighted by Gasteiger charge is 2.24. The number of ether oxygens (including phenoxy) is 1. The molecule has 0 unspecified atom stereocenters. The number of carbonyl (C=O) groups is 2. The first-order chi connectivity index (χ1) is 13.9. The molecule has 0 bridgehead atoms. The Morgan fingerprint density at radius 3 is 2.52 bits per heavy atom. The molecule has 1 heterocycles. The Labute approximate surface area is 170 Å². The minimum atomic E-state index is -0.707. The summed E-state index contributed by atoms with van der Waals surface area (Å²) in [4.78, 5) is 37.5. The standard InChI is InChI=1S/C21H29N3O5/c1-15-5-7-16(8-6-15)22-20(25)14-29-21(26)18-13-17(24(27)28)9-10-19(18)23-11-3-2-4-12-23/h9-10,13,15-16H,2-8,11-12,14H2,1H3,(H,22,25). The van der Waals surface area contributed by atoms with E-state index in [1.165, 1.54) is 12.1 Å². The molecule has 0 radical (unpaired) electrons. The van der Waals surface area contributed by atoms with Crippen LogP contribution in [0.1, 0.15) is 62.2 Å². The molecule has 158 valence electrons. The van der Waals surface area contributed by atoms with Crippen molar-refractivity contribution in [1.82, 2.24) is 5.32 Å². The Kier molecular flexibility index (Phi) is 7.06. The van der Waals surface area contributed by atoms with Gasteiger partial charge in [0, 0.05) is 31.3 Å². The molecule has 1 saturated carbocycles. The number of amides is 1. The smallest absolute Gasteiger partial charge is 0.341 e.